The van der Waals surface area contributed by atoms with Gasteiger partial charge in [0.05, 0.1) is 18.6 Å². The fraction of sp³-hybridized carbons (Fsp3) is 0.462. The molecule has 1 atom stereocenters. The van der Waals surface area contributed by atoms with E-state index in [4.69, 9.17) is 4.74 Å². The molecule has 1 fully saturated rings. The molecule has 4 heteroatoms. The molecular formula is C13H16O4. The fourth-order valence-electron chi connectivity index (χ4n) is 2.35. The molecule has 4 nitrogen and oxygen atoms in total. The van der Waals surface area contributed by atoms with E-state index in [0.29, 0.717) is 24.2 Å². The summed E-state index contributed by atoms with van der Waals surface area (Å²) in [5, 5.41) is 19.6. The lowest BCUT2D eigenvalue weighted by Crippen LogP contribution is -2.43. The number of para-hydroxylation sites is 1. The summed E-state index contributed by atoms with van der Waals surface area (Å²) in [6.45, 7) is 0. The van der Waals surface area contributed by atoms with E-state index in [1.165, 1.54) is 7.11 Å². The monoisotopic (exact) mass is 236 g/mol. The van der Waals surface area contributed by atoms with Crippen molar-refractivity contribution >= 4 is 5.97 Å². The topological polar surface area (TPSA) is 66.8 Å². The van der Waals surface area contributed by atoms with Crippen molar-refractivity contribution in [2.24, 2.45) is 5.41 Å². The van der Waals surface area contributed by atoms with Gasteiger partial charge in [-0.25, -0.2) is 0 Å². The maximum Gasteiger partial charge on any atom is 0.312 e. The molecule has 0 saturated heterocycles. The number of aliphatic hydroxyl groups is 1. The van der Waals surface area contributed by atoms with Crippen LogP contribution in [0.3, 0.4) is 0 Å². The average Bonchev–Trinajstić information content (AvgIpc) is 2.26. The van der Waals surface area contributed by atoms with Crippen LogP contribution in [0.25, 0.3) is 0 Å². The van der Waals surface area contributed by atoms with Gasteiger partial charge in [-0.1, -0.05) is 24.6 Å². The second-order valence-corrected chi connectivity index (χ2v) is 4.46. The van der Waals surface area contributed by atoms with Crippen LogP contribution in [0.2, 0.25) is 0 Å². The van der Waals surface area contributed by atoms with Crippen LogP contribution in [0.15, 0.2) is 24.3 Å². The number of hydrogen-bond acceptors (Lipinski definition) is 3. The number of carboxylic acids is 1. The van der Waals surface area contributed by atoms with Crippen LogP contribution in [0.1, 0.15) is 30.9 Å². The molecular weight excluding hydrogens is 220 g/mol. The standard InChI is InChI=1S/C13H16O4/c1-17-10-6-3-2-5-9(10)11(14)13(12(15)16)7-4-8-13/h2-3,5-6,11,14H,4,7-8H2,1H3,(H,15,16). The SMILES string of the molecule is COc1ccccc1C(O)C1(C(=O)O)CCC1. The molecule has 17 heavy (non-hydrogen) atoms. The largest absolute Gasteiger partial charge is 0.496 e. The van der Waals surface area contributed by atoms with E-state index >= 15 is 0 Å². The number of aliphatic carboxylic acids is 1. The minimum absolute atomic E-state index is 0.515. The summed E-state index contributed by atoms with van der Waals surface area (Å²) in [7, 11) is 1.51. The number of benzene rings is 1. The summed E-state index contributed by atoms with van der Waals surface area (Å²) in [6, 6.07) is 7.01. The summed E-state index contributed by atoms with van der Waals surface area (Å²) in [6.07, 6.45) is 0.867. The first kappa shape index (κ1) is 11.9. The van der Waals surface area contributed by atoms with Crippen molar-refractivity contribution in [3.05, 3.63) is 29.8 Å². The molecule has 0 amide bonds. The highest BCUT2D eigenvalue weighted by Gasteiger charge is 2.51. The molecule has 2 rings (SSSR count). The Kier molecular flexibility index (Phi) is 3.07. The van der Waals surface area contributed by atoms with Gasteiger partial charge in [-0.05, 0) is 18.9 Å². The summed E-state index contributed by atoms with van der Waals surface area (Å²) in [5.74, 6) is -0.394. The smallest absolute Gasteiger partial charge is 0.312 e. The summed E-state index contributed by atoms with van der Waals surface area (Å²) >= 11 is 0. The zero-order valence-electron chi connectivity index (χ0n) is 9.72. The van der Waals surface area contributed by atoms with Gasteiger partial charge in [-0.15, -0.1) is 0 Å². The van der Waals surface area contributed by atoms with Gasteiger partial charge in [-0.2, -0.15) is 0 Å². The van der Waals surface area contributed by atoms with Gasteiger partial charge in [-0.3, -0.25) is 4.79 Å². The molecule has 1 aliphatic rings. The molecule has 0 bridgehead atoms. The zero-order valence-corrected chi connectivity index (χ0v) is 9.72. The zero-order chi connectivity index (χ0) is 12.5. The Morgan fingerprint density at radius 2 is 2.06 bits per heavy atom. The fourth-order valence-corrected chi connectivity index (χ4v) is 2.35. The predicted molar refractivity (Wildman–Crippen MR) is 61.9 cm³/mol. The minimum atomic E-state index is -1.03. The molecule has 0 radical (unpaired) electrons. The first-order valence-electron chi connectivity index (χ1n) is 5.66. The van der Waals surface area contributed by atoms with E-state index in [1.54, 1.807) is 24.3 Å². The number of ether oxygens (including phenoxy) is 1. The second-order valence-electron chi connectivity index (χ2n) is 4.46. The lowest BCUT2D eigenvalue weighted by molar-refractivity contribution is -0.166. The van der Waals surface area contributed by atoms with E-state index in [9.17, 15) is 15.0 Å². The van der Waals surface area contributed by atoms with Crippen LogP contribution in [-0.4, -0.2) is 23.3 Å². The first-order chi connectivity index (χ1) is 8.12. The molecule has 1 aromatic carbocycles. The van der Waals surface area contributed by atoms with E-state index in [0.717, 1.165) is 6.42 Å². The predicted octanol–water partition coefficient (Wildman–Crippen LogP) is 1.98. The van der Waals surface area contributed by atoms with Crippen LogP contribution in [0.5, 0.6) is 5.75 Å². The van der Waals surface area contributed by atoms with E-state index in [1.807, 2.05) is 0 Å². The molecule has 2 N–H and O–H groups in total. The molecule has 1 saturated carbocycles. The first-order valence-corrected chi connectivity index (χ1v) is 5.66. The third kappa shape index (κ3) is 1.78. The Hall–Kier alpha value is -1.55. The quantitative estimate of drug-likeness (QED) is 0.838. The van der Waals surface area contributed by atoms with Gasteiger partial charge in [0.15, 0.2) is 0 Å². The van der Waals surface area contributed by atoms with E-state index in [2.05, 4.69) is 0 Å². The molecule has 0 aliphatic heterocycles. The average molecular weight is 236 g/mol. The Labute approximate surface area is 99.8 Å². The number of hydrogen-bond donors (Lipinski definition) is 2. The van der Waals surface area contributed by atoms with Gasteiger partial charge >= 0.3 is 5.97 Å². The third-order valence-corrected chi connectivity index (χ3v) is 3.63. The van der Waals surface area contributed by atoms with Crippen molar-refractivity contribution in [1.29, 1.82) is 0 Å². The Bertz CT molecular complexity index is 423. The van der Waals surface area contributed by atoms with Gasteiger partial charge in [0.1, 0.15) is 5.75 Å². The van der Waals surface area contributed by atoms with E-state index < -0.39 is 17.5 Å². The summed E-state index contributed by atoms with van der Waals surface area (Å²) < 4.78 is 5.16. The number of carbonyl (C=O) groups is 1. The number of carboxylic acid groups (broad SMARTS) is 1. The van der Waals surface area contributed by atoms with Crippen LogP contribution < -0.4 is 4.74 Å². The van der Waals surface area contributed by atoms with Crippen molar-refractivity contribution in [3.8, 4) is 5.75 Å². The van der Waals surface area contributed by atoms with Gasteiger partial charge in [0, 0.05) is 5.56 Å². The minimum Gasteiger partial charge on any atom is -0.496 e. The molecule has 1 aromatic rings. The lowest BCUT2D eigenvalue weighted by atomic mass is 9.63. The van der Waals surface area contributed by atoms with Crippen molar-refractivity contribution in [1.82, 2.24) is 0 Å². The van der Waals surface area contributed by atoms with Crippen molar-refractivity contribution in [3.63, 3.8) is 0 Å². The van der Waals surface area contributed by atoms with E-state index in [-0.39, 0.29) is 0 Å². The summed E-state index contributed by atoms with van der Waals surface area (Å²) in [5.41, 5.74) is -0.480. The number of rotatable bonds is 4. The molecule has 0 aromatic heterocycles. The lowest BCUT2D eigenvalue weighted by Gasteiger charge is -2.41. The van der Waals surface area contributed by atoms with Crippen molar-refractivity contribution in [2.75, 3.05) is 7.11 Å². The van der Waals surface area contributed by atoms with Gasteiger partial charge in [0.25, 0.3) is 0 Å². The van der Waals surface area contributed by atoms with Crippen molar-refractivity contribution in [2.45, 2.75) is 25.4 Å². The summed E-state index contributed by atoms with van der Waals surface area (Å²) in [4.78, 5) is 11.3. The molecule has 0 spiro atoms. The molecule has 1 aliphatic carbocycles. The highest BCUT2D eigenvalue weighted by atomic mass is 16.5. The molecule has 92 valence electrons. The highest BCUT2D eigenvalue weighted by Crippen LogP contribution is 2.51. The van der Waals surface area contributed by atoms with Crippen molar-refractivity contribution < 1.29 is 19.7 Å². The van der Waals surface area contributed by atoms with Crippen LogP contribution >= 0.6 is 0 Å². The number of aliphatic hydroxyl groups excluding tert-OH is 1. The highest BCUT2D eigenvalue weighted by molar-refractivity contribution is 5.77. The second kappa shape index (κ2) is 4.37. The number of methoxy groups -OCH3 is 1. The Morgan fingerprint density at radius 1 is 1.41 bits per heavy atom. The third-order valence-electron chi connectivity index (χ3n) is 3.63. The maximum atomic E-state index is 11.3. The van der Waals surface area contributed by atoms with Crippen LogP contribution in [-0.2, 0) is 4.79 Å². The van der Waals surface area contributed by atoms with Gasteiger partial charge in [0.2, 0.25) is 0 Å². The maximum absolute atomic E-state index is 11.3. The molecule has 1 unspecified atom stereocenters. The van der Waals surface area contributed by atoms with Crippen LogP contribution in [0, 0.1) is 5.41 Å². The normalized spacial score (nSPS) is 19.2. The van der Waals surface area contributed by atoms with Crippen LogP contribution in [0.4, 0.5) is 0 Å². The Balaban J connectivity index is 2.36. The molecule has 0 heterocycles. The van der Waals surface area contributed by atoms with Gasteiger partial charge < -0.3 is 14.9 Å². The Morgan fingerprint density at radius 3 is 2.53 bits per heavy atom.